The molecule has 0 aliphatic carbocycles. The summed E-state index contributed by atoms with van der Waals surface area (Å²) in [6, 6.07) is 42.7. The topological polar surface area (TPSA) is 38.7 Å². The summed E-state index contributed by atoms with van der Waals surface area (Å²) in [6.45, 7) is 6.11. The van der Waals surface area contributed by atoms with Crippen molar-refractivity contribution in [3.8, 4) is 0 Å². The van der Waals surface area contributed by atoms with Crippen molar-refractivity contribution >= 4 is 0 Å². The molecule has 1 fully saturated rings. The number of aliphatic hydroxyl groups excluding tert-OH is 1. The number of hydrogen-bond donors (Lipinski definition) is 2. The molecule has 1 aliphatic rings. The molecular weight excluding hydrogens is 466 g/mol. The first-order valence-electron chi connectivity index (χ1n) is 13.7. The fraction of sp³-hybridized carbons (Fsp3) is 0.294. The molecule has 4 aromatic carbocycles. The Bertz CT molecular complexity index is 1180. The van der Waals surface area contributed by atoms with E-state index < -0.39 is 6.10 Å². The van der Waals surface area contributed by atoms with Gasteiger partial charge in [0.15, 0.2) is 0 Å². The van der Waals surface area contributed by atoms with Crippen LogP contribution in [0.4, 0.5) is 0 Å². The van der Waals surface area contributed by atoms with E-state index in [-0.39, 0.29) is 18.1 Å². The fourth-order valence-corrected chi connectivity index (χ4v) is 5.74. The molecule has 0 bridgehead atoms. The highest BCUT2D eigenvalue weighted by Crippen LogP contribution is 2.28. The molecule has 0 aromatic heterocycles. The van der Waals surface area contributed by atoms with Gasteiger partial charge in [0.25, 0.3) is 0 Å². The van der Waals surface area contributed by atoms with E-state index in [0.29, 0.717) is 6.54 Å². The molecule has 5 rings (SSSR count). The summed E-state index contributed by atoms with van der Waals surface area (Å²) in [7, 11) is 0. The summed E-state index contributed by atoms with van der Waals surface area (Å²) >= 11 is 0. The van der Waals surface area contributed by atoms with Crippen LogP contribution in [0.3, 0.4) is 0 Å². The molecule has 0 amide bonds. The van der Waals surface area contributed by atoms with E-state index in [1.54, 1.807) is 0 Å². The van der Waals surface area contributed by atoms with Crippen LogP contribution in [0, 0.1) is 0 Å². The second kappa shape index (κ2) is 13.0. The van der Waals surface area contributed by atoms with Gasteiger partial charge in [-0.25, -0.2) is 0 Å². The summed E-state index contributed by atoms with van der Waals surface area (Å²) < 4.78 is 0. The molecule has 4 atom stereocenters. The van der Waals surface area contributed by atoms with Crippen LogP contribution >= 0.6 is 0 Å². The number of β-amino-alcohol motifs (C(OH)–C–C–N with tert-alkyl or cyclic N) is 1. The minimum Gasteiger partial charge on any atom is -0.390 e. The van der Waals surface area contributed by atoms with Crippen LogP contribution in [-0.4, -0.2) is 46.2 Å². The van der Waals surface area contributed by atoms with Crippen molar-refractivity contribution in [1.82, 2.24) is 15.1 Å². The Hall–Kier alpha value is -3.28. The van der Waals surface area contributed by atoms with Crippen LogP contribution in [0.1, 0.15) is 35.2 Å². The van der Waals surface area contributed by atoms with E-state index in [4.69, 9.17) is 0 Å². The van der Waals surface area contributed by atoms with Crippen LogP contribution in [0.5, 0.6) is 0 Å². The lowest BCUT2D eigenvalue weighted by Crippen LogP contribution is -2.65. The normalized spacial score (nSPS) is 20.9. The molecule has 0 spiro atoms. The number of aliphatic hydroxyl groups is 1. The smallest absolute Gasteiger partial charge is 0.0838 e. The van der Waals surface area contributed by atoms with E-state index in [1.807, 2.05) is 0 Å². The highest BCUT2D eigenvalue weighted by atomic mass is 16.3. The van der Waals surface area contributed by atoms with Crippen LogP contribution in [0.2, 0.25) is 0 Å². The van der Waals surface area contributed by atoms with Crippen LogP contribution in [0.25, 0.3) is 0 Å². The molecule has 4 aromatic rings. The maximum atomic E-state index is 11.8. The van der Waals surface area contributed by atoms with Crippen molar-refractivity contribution in [2.24, 2.45) is 0 Å². The van der Waals surface area contributed by atoms with Crippen molar-refractivity contribution in [2.75, 3.05) is 13.1 Å². The Labute approximate surface area is 227 Å². The first kappa shape index (κ1) is 26.3. The molecule has 2 N–H and O–H groups in total. The Morgan fingerprint density at radius 3 is 1.71 bits per heavy atom. The summed E-state index contributed by atoms with van der Waals surface area (Å²) in [5, 5.41) is 15.7. The second-order valence-corrected chi connectivity index (χ2v) is 10.4. The monoisotopic (exact) mass is 505 g/mol. The lowest BCUT2D eigenvalue weighted by molar-refractivity contribution is -0.0493. The summed E-state index contributed by atoms with van der Waals surface area (Å²) in [5.41, 5.74) is 5.06. The van der Waals surface area contributed by atoms with Gasteiger partial charge >= 0.3 is 0 Å². The van der Waals surface area contributed by atoms with Gasteiger partial charge in [-0.1, -0.05) is 121 Å². The molecule has 1 saturated heterocycles. The predicted molar refractivity (Wildman–Crippen MR) is 155 cm³/mol. The Morgan fingerprint density at radius 2 is 1.18 bits per heavy atom. The molecule has 0 radical (unpaired) electrons. The number of nitrogens with one attached hydrogen (secondary N) is 1. The summed E-state index contributed by atoms with van der Waals surface area (Å²) in [6.07, 6.45) is -0.490. The molecule has 196 valence electrons. The molecular formula is C34H39N3O. The molecule has 4 nitrogen and oxygen atoms in total. The zero-order valence-corrected chi connectivity index (χ0v) is 22.2. The number of hydrogen-bond acceptors (Lipinski definition) is 4. The quantitative estimate of drug-likeness (QED) is 0.292. The summed E-state index contributed by atoms with van der Waals surface area (Å²) in [4.78, 5) is 4.91. The summed E-state index contributed by atoms with van der Waals surface area (Å²) in [5.74, 6) is 0. The van der Waals surface area contributed by atoms with E-state index in [0.717, 1.165) is 26.2 Å². The average molecular weight is 506 g/mol. The minimum atomic E-state index is -0.490. The van der Waals surface area contributed by atoms with E-state index in [1.165, 1.54) is 22.3 Å². The van der Waals surface area contributed by atoms with Gasteiger partial charge in [0.2, 0.25) is 0 Å². The lowest BCUT2D eigenvalue weighted by atomic mass is 9.91. The Kier molecular flexibility index (Phi) is 9.00. The van der Waals surface area contributed by atoms with Crippen molar-refractivity contribution in [1.29, 1.82) is 0 Å². The van der Waals surface area contributed by atoms with E-state index >= 15 is 0 Å². The van der Waals surface area contributed by atoms with Gasteiger partial charge < -0.3 is 10.4 Å². The minimum absolute atomic E-state index is 0.0293. The number of piperidine rings is 1. The molecule has 0 unspecified atom stereocenters. The van der Waals surface area contributed by atoms with Crippen LogP contribution < -0.4 is 5.32 Å². The maximum Gasteiger partial charge on any atom is 0.0838 e. The van der Waals surface area contributed by atoms with Gasteiger partial charge in [0.05, 0.1) is 12.1 Å². The first-order valence-corrected chi connectivity index (χ1v) is 13.7. The second-order valence-electron chi connectivity index (χ2n) is 10.4. The van der Waals surface area contributed by atoms with Crippen LogP contribution in [0.15, 0.2) is 121 Å². The Balaban J connectivity index is 1.43. The number of benzene rings is 4. The fourth-order valence-electron chi connectivity index (χ4n) is 5.74. The van der Waals surface area contributed by atoms with Gasteiger partial charge in [0, 0.05) is 44.8 Å². The average Bonchev–Trinajstić information content (AvgIpc) is 2.97. The van der Waals surface area contributed by atoms with Gasteiger partial charge in [-0.15, -0.1) is 0 Å². The highest BCUT2D eigenvalue weighted by Gasteiger charge is 2.40. The van der Waals surface area contributed by atoms with Crippen molar-refractivity contribution in [2.45, 2.75) is 50.8 Å². The predicted octanol–water partition coefficient (Wildman–Crippen LogP) is 5.65. The highest BCUT2D eigenvalue weighted by molar-refractivity contribution is 5.21. The lowest BCUT2D eigenvalue weighted by Gasteiger charge is -2.48. The number of likely N-dealkylation sites (tertiary alicyclic amines) is 1. The molecule has 4 heteroatoms. The number of rotatable bonds is 10. The standard InChI is InChI=1S/C34H39N3O/c1-27(31-20-12-5-13-21-31)36-25-32(35-22-28-14-6-2-7-15-28)34(33(38)26-36)37(23-29-16-8-3-9-17-29)24-30-18-10-4-11-19-30/h2-21,27,32-35,38H,22-26H2,1H3/t27-,32-,33-,34+/m0/s1. The third-order valence-corrected chi connectivity index (χ3v) is 7.78. The van der Waals surface area contributed by atoms with E-state index in [2.05, 4.69) is 143 Å². The molecule has 1 heterocycles. The van der Waals surface area contributed by atoms with Crippen molar-refractivity contribution < 1.29 is 5.11 Å². The third kappa shape index (κ3) is 6.77. The van der Waals surface area contributed by atoms with Crippen molar-refractivity contribution in [3.05, 3.63) is 144 Å². The first-order chi connectivity index (χ1) is 18.7. The van der Waals surface area contributed by atoms with Crippen molar-refractivity contribution in [3.63, 3.8) is 0 Å². The maximum absolute atomic E-state index is 11.8. The van der Waals surface area contributed by atoms with Gasteiger partial charge in [-0.3, -0.25) is 9.80 Å². The van der Waals surface area contributed by atoms with Gasteiger partial charge in [0.1, 0.15) is 0 Å². The SMILES string of the molecule is C[C@@H](c1ccccc1)N1C[C@H](NCc2ccccc2)[C@@H](N(Cc2ccccc2)Cc2ccccc2)[C@@H](O)C1. The number of nitrogens with zero attached hydrogens (tertiary/aromatic N) is 2. The zero-order valence-electron chi connectivity index (χ0n) is 22.2. The third-order valence-electron chi connectivity index (χ3n) is 7.78. The zero-order chi connectivity index (χ0) is 26.2. The molecule has 1 aliphatic heterocycles. The van der Waals surface area contributed by atoms with Gasteiger partial charge in [-0.05, 0) is 29.2 Å². The Morgan fingerprint density at radius 1 is 0.711 bits per heavy atom. The van der Waals surface area contributed by atoms with Crippen LogP contribution in [-0.2, 0) is 19.6 Å². The molecule has 38 heavy (non-hydrogen) atoms. The largest absolute Gasteiger partial charge is 0.390 e. The van der Waals surface area contributed by atoms with Gasteiger partial charge in [-0.2, -0.15) is 0 Å². The van der Waals surface area contributed by atoms with E-state index in [9.17, 15) is 5.11 Å². The molecule has 0 saturated carbocycles.